The van der Waals surface area contributed by atoms with E-state index >= 15 is 0 Å². The molecule has 3 aromatic rings. The third kappa shape index (κ3) is 3.49. The molecule has 31 heavy (non-hydrogen) atoms. The minimum Gasteiger partial charge on any atom is -0.398 e. The van der Waals surface area contributed by atoms with Crippen LogP contribution in [-0.4, -0.2) is 0 Å². The molecule has 0 radical (unpaired) electrons. The minimum atomic E-state index is 0.0478. The van der Waals surface area contributed by atoms with Crippen molar-refractivity contribution >= 4 is 5.69 Å². The number of hydrogen-bond donors (Lipinski definition) is 1. The third-order valence-electron chi connectivity index (χ3n) is 8.20. The molecule has 1 nitrogen and oxygen atoms in total. The lowest BCUT2D eigenvalue weighted by Crippen LogP contribution is -2.35. The summed E-state index contributed by atoms with van der Waals surface area (Å²) < 4.78 is 0. The van der Waals surface area contributed by atoms with Crippen molar-refractivity contribution in [1.29, 1.82) is 0 Å². The Morgan fingerprint density at radius 3 is 1.23 bits per heavy atom. The first kappa shape index (κ1) is 20.4. The Morgan fingerprint density at radius 2 is 0.839 bits per heavy atom. The lowest BCUT2D eigenvalue weighted by Gasteiger charge is -2.43. The van der Waals surface area contributed by atoms with Gasteiger partial charge < -0.3 is 5.73 Å². The maximum atomic E-state index is 7.19. The van der Waals surface area contributed by atoms with E-state index in [0.717, 1.165) is 5.69 Å². The Hall–Kier alpha value is -2.54. The molecule has 0 aromatic heterocycles. The number of hydrogen-bond acceptors (Lipinski definition) is 1. The van der Waals surface area contributed by atoms with Gasteiger partial charge in [0.25, 0.3) is 0 Å². The van der Waals surface area contributed by atoms with E-state index in [4.69, 9.17) is 5.73 Å². The third-order valence-corrected chi connectivity index (χ3v) is 8.20. The van der Waals surface area contributed by atoms with Crippen LogP contribution in [0.3, 0.4) is 0 Å². The summed E-state index contributed by atoms with van der Waals surface area (Å²) in [7, 11) is 0. The predicted molar refractivity (Wildman–Crippen MR) is 131 cm³/mol. The van der Waals surface area contributed by atoms with Gasteiger partial charge >= 0.3 is 0 Å². The van der Waals surface area contributed by atoms with Gasteiger partial charge in [-0.25, -0.2) is 0 Å². The molecule has 0 unspecified atom stereocenters. The molecule has 2 aliphatic rings. The van der Waals surface area contributed by atoms with Gasteiger partial charge in [-0.15, -0.1) is 0 Å². The van der Waals surface area contributed by atoms with Crippen molar-refractivity contribution in [3.63, 3.8) is 0 Å². The Bertz CT molecular complexity index is 913. The largest absolute Gasteiger partial charge is 0.398 e. The summed E-state index contributed by atoms with van der Waals surface area (Å²) >= 11 is 0. The van der Waals surface area contributed by atoms with Crippen LogP contribution in [0, 0.1) is 0 Å². The zero-order valence-corrected chi connectivity index (χ0v) is 18.7. The summed E-state index contributed by atoms with van der Waals surface area (Å²) in [6.45, 7) is 0. The number of benzene rings is 3. The molecule has 5 rings (SSSR count). The van der Waals surface area contributed by atoms with Crippen molar-refractivity contribution in [2.24, 2.45) is 0 Å². The second kappa shape index (κ2) is 8.54. The van der Waals surface area contributed by atoms with Crippen molar-refractivity contribution in [2.45, 2.75) is 75.0 Å². The average molecular weight is 410 g/mol. The molecule has 1 heteroatoms. The number of para-hydroxylation sites is 1. The lowest BCUT2D eigenvalue weighted by atomic mass is 9.61. The summed E-state index contributed by atoms with van der Waals surface area (Å²) in [5, 5.41) is 0. The van der Waals surface area contributed by atoms with E-state index in [2.05, 4.69) is 78.9 Å². The molecule has 0 atom stereocenters. The Kier molecular flexibility index (Phi) is 5.61. The standard InChI is InChI=1S/C30H35N/c31-28-26(29(20-9-3-10-21-29)24-14-5-1-6-15-24)18-13-19-27(28)30(22-11-4-12-23-30)25-16-7-2-8-17-25/h1-2,5-8,13-19H,3-4,9-12,20-23,31H2. The van der Waals surface area contributed by atoms with Gasteiger partial charge in [-0.1, -0.05) is 117 Å². The maximum absolute atomic E-state index is 7.19. The maximum Gasteiger partial charge on any atom is 0.0397 e. The quantitative estimate of drug-likeness (QED) is 0.438. The molecular formula is C30H35N. The summed E-state index contributed by atoms with van der Waals surface area (Å²) in [6.07, 6.45) is 12.6. The number of nitrogens with two attached hydrogens (primary N) is 1. The van der Waals surface area contributed by atoms with Gasteiger partial charge in [0.05, 0.1) is 0 Å². The molecule has 2 saturated carbocycles. The van der Waals surface area contributed by atoms with Crippen molar-refractivity contribution in [2.75, 3.05) is 5.73 Å². The molecule has 160 valence electrons. The van der Waals surface area contributed by atoms with Gasteiger partial charge in [-0.3, -0.25) is 0 Å². The number of nitrogen functional groups attached to an aromatic ring is 1. The normalized spacial score (nSPS) is 20.3. The summed E-state index contributed by atoms with van der Waals surface area (Å²) in [5.74, 6) is 0. The molecule has 0 bridgehead atoms. The second-order valence-electron chi connectivity index (χ2n) is 9.78. The molecular weight excluding hydrogens is 374 g/mol. The van der Waals surface area contributed by atoms with Crippen LogP contribution in [0.2, 0.25) is 0 Å². The van der Waals surface area contributed by atoms with Crippen LogP contribution in [0.25, 0.3) is 0 Å². The highest BCUT2D eigenvalue weighted by Gasteiger charge is 2.41. The average Bonchev–Trinajstić information content (AvgIpc) is 2.86. The first-order valence-corrected chi connectivity index (χ1v) is 12.3. The highest BCUT2D eigenvalue weighted by Crippen LogP contribution is 2.52. The van der Waals surface area contributed by atoms with E-state index in [0.29, 0.717) is 0 Å². The van der Waals surface area contributed by atoms with Crippen LogP contribution in [-0.2, 0) is 10.8 Å². The van der Waals surface area contributed by atoms with Gasteiger partial charge in [-0.2, -0.15) is 0 Å². The van der Waals surface area contributed by atoms with Crippen LogP contribution in [0.1, 0.15) is 86.5 Å². The summed E-state index contributed by atoms with van der Waals surface area (Å²) in [4.78, 5) is 0. The fourth-order valence-electron chi connectivity index (χ4n) is 6.65. The SMILES string of the molecule is Nc1c(C2(c3ccccc3)CCCCC2)cccc1C1(c2ccccc2)CCCCC1. The fourth-order valence-corrected chi connectivity index (χ4v) is 6.65. The topological polar surface area (TPSA) is 26.0 Å². The first-order chi connectivity index (χ1) is 15.3. The number of rotatable bonds is 4. The Balaban J connectivity index is 1.69. The first-order valence-electron chi connectivity index (χ1n) is 12.3. The van der Waals surface area contributed by atoms with Gasteiger partial charge in [0.2, 0.25) is 0 Å². The predicted octanol–water partition coefficient (Wildman–Crippen LogP) is 7.77. The molecule has 2 aliphatic carbocycles. The summed E-state index contributed by atoms with van der Waals surface area (Å²) in [6, 6.07) is 29.3. The van der Waals surface area contributed by atoms with E-state index in [1.54, 1.807) is 0 Å². The Morgan fingerprint density at radius 1 is 0.452 bits per heavy atom. The highest BCUT2D eigenvalue weighted by molar-refractivity contribution is 5.64. The van der Waals surface area contributed by atoms with Crippen LogP contribution in [0.4, 0.5) is 5.69 Å². The van der Waals surface area contributed by atoms with Crippen LogP contribution in [0.5, 0.6) is 0 Å². The van der Waals surface area contributed by atoms with Gasteiger partial charge in [0.1, 0.15) is 0 Å². The van der Waals surface area contributed by atoms with E-state index in [-0.39, 0.29) is 10.8 Å². The molecule has 0 heterocycles. The van der Waals surface area contributed by atoms with Crippen molar-refractivity contribution in [1.82, 2.24) is 0 Å². The zero-order chi connectivity index (χ0) is 21.2. The summed E-state index contributed by atoms with van der Waals surface area (Å²) in [5.41, 5.74) is 14.0. The van der Waals surface area contributed by atoms with Crippen LogP contribution in [0.15, 0.2) is 78.9 Å². The molecule has 0 spiro atoms. The highest BCUT2D eigenvalue weighted by atomic mass is 14.6. The van der Waals surface area contributed by atoms with Crippen LogP contribution >= 0.6 is 0 Å². The van der Waals surface area contributed by atoms with Crippen molar-refractivity contribution in [3.05, 3.63) is 101 Å². The van der Waals surface area contributed by atoms with Gasteiger partial charge in [-0.05, 0) is 47.9 Å². The Labute approximate surface area is 187 Å². The van der Waals surface area contributed by atoms with E-state index in [9.17, 15) is 0 Å². The van der Waals surface area contributed by atoms with Crippen molar-refractivity contribution in [3.8, 4) is 0 Å². The number of anilines is 1. The monoisotopic (exact) mass is 409 g/mol. The molecule has 0 amide bonds. The van der Waals surface area contributed by atoms with Gasteiger partial charge in [0, 0.05) is 16.5 Å². The molecule has 3 aromatic carbocycles. The van der Waals surface area contributed by atoms with Crippen molar-refractivity contribution < 1.29 is 0 Å². The van der Waals surface area contributed by atoms with Gasteiger partial charge in [0.15, 0.2) is 0 Å². The molecule has 0 saturated heterocycles. The zero-order valence-electron chi connectivity index (χ0n) is 18.7. The lowest BCUT2D eigenvalue weighted by molar-refractivity contribution is 0.338. The molecule has 2 fully saturated rings. The molecule has 2 N–H and O–H groups in total. The van der Waals surface area contributed by atoms with E-state index < -0.39 is 0 Å². The fraction of sp³-hybridized carbons (Fsp3) is 0.400. The minimum absolute atomic E-state index is 0.0478. The molecule has 0 aliphatic heterocycles. The van der Waals surface area contributed by atoms with Crippen LogP contribution < -0.4 is 5.73 Å². The van der Waals surface area contributed by atoms with E-state index in [1.165, 1.54) is 86.5 Å². The van der Waals surface area contributed by atoms with E-state index in [1.807, 2.05) is 0 Å². The second-order valence-corrected chi connectivity index (χ2v) is 9.78. The smallest absolute Gasteiger partial charge is 0.0397 e.